The third-order valence-electron chi connectivity index (χ3n) is 2.72. The van der Waals surface area contributed by atoms with Gasteiger partial charge in [0.1, 0.15) is 0 Å². The summed E-state index contributed by atoms with van der Waals surface area (Å²) in [5.74, 6) is 0.375. The number of carbonyl (C=O) groups excluding carboxylic acids is 1. The minimum absolute atomic E-state index is 0.0341. The highest BCUT2D eigenvalue weighted by molar-refractivity contribution is 7.08. The molecule has 1 rings (SSSR count). The number of carbonyl (C=O) groups is 1. The summed E-state index contributed by atoms with van der Waals surface area (Å²) in [5, 5.41) is 7.05. The number of thiophene rings is 1. The zero-order chi connectivity index (χ0) is 12.1. The van der Waals surface area contributed by atoms with Crippen LogP contribution in [0.5, 0.6) is 0 Å². The maximum atomic E-state index is 11.6. The second-order valence-electron chi connectivity index (χ2n) is 4.47. The lowest BCUT2D eigenvalue weighted by atomic mass is 10.0. The number of hydrogen-bond donors (Lipinski definition) is 2. The first kappa shape index (κ1) is 13.2. The standard InChI is InChI=1S/C12H20N2OS/c1-8(2)11(13)4-12(15)14-5-10-7-16-6-9(10)3/h6-8,11H,4-5,13H2,1-3H3,(H,14,15). The van der Waals surface area contributed by atoms with Crippen molar-refractivity contribution >= 4 is 17.2 Å². The van der Waals surface area contributed by atoms with Gasteiger partial charge in [-0.15, -0.1) is 0 Å². The number of hydrogen-bond acceptors (Lipinski definition) is 3. The fraction of sp³-hybridized carbons (Fsp3) is 0.583. The van der Waals surface area contributed by atoms with Gasteiger partial charge >= 0.3 is 0 Å². The average molecular weight is 240 g/mol. The van der Waals surface area contributed by atoms with E-state index in [1.165, 1.54) is 11.1 Å². The molecule has 90 valence electrons. The predicted octanol–water partition coefficient (Wildman–Crippen LogP) is 2.05. The summed E-state index contributed by atoms with van der Waals surface area (Å²) < 4.78 is 0. The summed E-state index contributed by atoms with van der Waals surface area (Å²) in [4.78, 5) is 11.6. The van der Waals surface area contributed by atoms with Crippen LogP contribution in [-0.2, 0) is 11.3 Å². The SMILES string of the molecule is Cc1cscc1CNC(=O)CC(N)C(C)C. The van der Waals surface area contributed by atoms with Crippen LogP contribution in [0, 0.1) is 12.8 Å². The Hall–Kier alpha value is -0.870. The number of rotatable bonds is 5. The Balaban J connectivity index is 2.33. The maximum absolute atomic E-state index is 11.6. The van der Waals surface area contributed by atoms with Gasteiger partial charge in [-0.1, -0.05) is 13.8 Å². The van der Waals surface area contributed by atoms with Gasteiger partial charge in [0.2, 0.25) is 5.91 Å². The van der Waals surface area contributed by atoms with Gasteiger partial charge < -0.3 is 11.1 Å². The van der Waals surface area contributed by atoms with Crippen LogP contribution in [-0.4, -0.2) is 11.9 Å². The van der Waals surface area contributed by atoms with Gasteiger partial charge in [0.05, 0.1) is 0 Å². The summed E-state index contributed by atoms with van der Waals surface area (Å²) in [7, 11) is 0. The Bertz CT molecular complexity index is 347. The highest BCUT2D eigenvalue weighted by atomic mass is 32.1. The molecule has 3 nitrogen and oxygen atoms in total. The topological polar surface area (TPSA) is 55.1 Å². The van der Waals surface area contributed by atoms with Crippen LogP contribution in [0.25, 0.3) is 0 Å². The van der Waals surface area contributed by atoms with E-state index in [2.05, 4.69) is 23.0 Å². The fourth-order valence-electron chi connectivity index (χ4n) is 1.28. The lowest BCUT2D eigenvalue weighted by Crippen LogP contribution is -2.34. The Morgan fingerprint density at radius 1 is 1.50 bits per heavy atom. The van der Waals surface area contributed by atoms with Crippen LogP contribution >= 0.6 is 11.3 Å². The van der Waals surface area contributed by atoms with Gasteiger partial charge in [0, 0.05) is 19.0 Å². The molecule has 16 heavy (non-hydrogen) atoms. The molecule has 0 aliphatic carbocycles. The molecule has 3 N–H and O–H groups in total. The van der Waals surface area contributed by atoms with E-state index in [4.69, 9.17) is 5.73 Å². The Labute approximate surface area is 101 Å². The van der Waals surface area contributed by atoms with Crippen molar-refractivity contribution in [3.05, 3.63) is 21.9 Å². The molecule has 0 aliphatic rings. The predicted molar refractivity (Wildman–Crippen MR) is 68.3 cm³/mol. The van der Waals surface area contributed by atoms with E-state index < -0.39 is 0 Å². The summed E-state index contributed by atoms with van der Waals surface area (Å²) in [5.41, 5.74) is 8.26. The summed E-state index contributed by atoms with van der Waals surface area (Å²) in [6, 6.07) is -0.0522. The number of amides is 1. The quantitative estimate of drug-likeness (QED) is 0.827. The third kappa shape index (κ3) is 3.94. The molecule has 1 amide bonds. The van der Waals surface area contributed by atoms with Gasteiger partial charge in [-0.2, -0.15) is 11.3 Å². The number of aryl methyl sites for hydroxylation is 1. The maximum Gasteiger partial charge on any atom is 0.221 e. The third-order valence-corrected chi connectivity index (χ3v) is 3.63. The van der Waals surface area contributed by atoms with Gasteiger partial charge in [-0.05, 0) is 34.7 Å². The molecule has 1 heterocycles. The number of nitrogens with one attached hydrogen (secondary N) is 1. The van der Waals surface area contributed by atoms with Crippen LogP contribution < -0.4 is 11.1 Å². The first-order chi connectivity index (χ1) is 7.50. The minimum Gasteiger partial charge on any atom is -0.352 e. The van der Waals surface area contributed by atoms with Gasteiger partial charge in [0.25, 0.3) is 0 Å². The molecule has 4 heteroatoms. The molecular formula is C12H20N2OS. The largest absolute Gasteiger partial charge is 0.352 e. The van der Waals surface area contributed by atoms with Crippen LogP contribution in [0.4, 0.5) is 0 Å². The Morgan fingerprint density at radius 3 is 2.69 bits per heavy atom. The fourth-order valence-corrected chi connectivity index (χ4v) is 2.14. The minimum atomic E-state index is -0.0522. The van der Waals surface area contributed by atoms with E-state index in [1.54, 1.807) is 11.3 Å². The van der Waals surface area contributed by atoms with Gasteiger partial charge in [0.15, 0.2) is 0 Å². The molecule has 1 aromatic heterocycles. The lowest BCUT2D eigenvalue weighted by Gasteiger charge is -2.14. The normalized spacial score (nSPS) is 12.8. The van der Waals surface area contributed by atoms with Crippen molar-refractivity contribution in [2.45, 2.75) is 39.8 Å². The van der Waals surface area contributed by atoms with Crippen molar-refractivity contribution in [2.75, 3.05) is 0 Å². The van der Waals surface area contributed by atoms with E-state index in [-0.39, 0.29) is 11.9 Å². The molecule has 1 atom stereocenters. The zero-order valence-electron chi connectivity index (χ0n) is 10.1. The van der Waals surface area contributed by atoms with Crippen LogP contribution in [0.1, 0.15) is 31.4 Å². The lowest BCUT2D eigenvalue weighted by molar-refractivity contribution is -0.121. The van der Waals surface area contributed by atoms with Gasteiger partial charge in [-0.25, -0.2) is 0 Å². The molecule has 1 unspecified atom stereocenters. The molecular weight excluding hydrogens is 220 g/mol. The molecule has 0 aromatic carbocycles. The van der Waals surface area contributed by atoms with Crippen LogP contribution in [0.15, 0.2) is 10.8 Å². The number of nitrogens with two attached hydrogens (primary N) is 1. The monoisotopic (exact) mass is 240 g/mol. The van der Waals surface area contributed by atoms with Gasteiger partial charge in [-0.3, -0.25) is 4.79 Å². The van der Waals surface area contributed by atoms with E-state index in [1.807, 2.05) is 13.8 Å². The smallest absolute Gasteiger partial charge is 0.221 e. The molecule has 1 aromatic rings. The summed E-state index contributed by atoms with van der Waals surface area (Å²) in [6.45, 7) is 6.72. The van der Waals surface area contributed by atoms with Crippen molar-refractivity contribution in [3.8, 4) is 0 Å². The molecule has 0 radical (unpaired) electrons. The van der Waals surface area contributed by atoms with E-state index in [0.29, 0.717) is 18.9 Å². The molecule has 0 aliphatic heterocycles. The Morgan fingerprint density at radius 2 is 2.19 bits per heavy atom. The van der Waals surface area contributed by atoms with E-state index in [0.717, 1.165) is 0 Å². The second-order valence-corrected chi connectivity index (χ2v) is 5.21. The van der Waals surface area contributed by atoms with Crippen molar-refractivity contribution in [1.82, 2.24) is 5.32 Å². The first-order valence-electron chi connectivity index (χ1n) is 5.54. The zero-order valence-corrected chi connectivity index (χ0v) is 10.9. The molecule has 0 saturated carbocycles. The molecule has 0 bridgehead atoms. The summed E-state index contributed by atoms with van der Waals surface area (Å²) >= 11 is 1.66. The highest BCUT2D eigenvalue weighted by Crippen LogP contribution is 2.13. The van der Waals surface area contributed by atoms with Crippen molar-refractivity contribution in [2.24, 2.45) is 11.7 Å². The molecule has 0 fully saturated rings. The average Bonchev–Trinajstić information content (AvgIpc) is 2.61. The summed E-state index contributed by atoms with van der Waals surface area (Å²) in [6.07, 6.45) is 0.404. The van der Waals surface area contributed by atoms with E-state index >= 15 is 0 Å². The van der Waals surface area contributed by atoms with Crippen LogP contribution in [0.3, 0.4) is 0 Å². The first-order valence-corrected chi connectivity index (χ1v) is 6.49. The van der Waals surface area contributed by atoms with Crippen molar-refractivity contribution in [1.29, 1.82) is 0 Å². The molecule has 0 saturated heterocycles. The highest BCUT2D eigenvalue weighted by Gasteiger charge is 2.12. The van der Waals surface area contributed by atoms with Crippen molar-refractivity contribution < 1.29 is 4.79 Å². The van der Waals surface area contributed by atoms with Crippen LogP contribution in [0.2, 0.25) is 0 Å². The van der Waals surface area contributed by atoms with E-state index in [9.17, 15) is 4.79 Å². The molecule has 0 spiro atoms. The Kier molecular flexibility index (Phi) is 4.96. The second kappa shape index (κ2) is 6.01. The van der Waals surface area contributed by atoms with Crippen molar-refractivity contribution in [3.63, 3.8) is 0 Å².